The summed E-state index contributed by atoms with van der Waals surface area (Å²) in [5.41, 5.74) is 1.78. The van der Waals surface area contributed by atoms with Crippen molar-refractivity contribution in [2.75, 3.05) is 6.54 Å². The van der Waals surface area contributed by atoms with E-state index in [2.05, 4.69) is 19.2 Å². The molecule has 1 nitrogen and oxygen atoms in total. The lowest BCUT2D eigenvalue weighted by Crippen LogP contribution is -2.26. The van der Waals surface area contributed by atoms with Crippen LogP contribution >= 0.6 is 0 Å². The van der Waals surface area contributed by atoms with E-state index in [1.807, 2.05) is 12.1 Å². The van der Waals surface area contributed by atoms with E-state index in [1.54, 1.807) is 12.1 Å². The Morgan fingerprint density at radius 1 is 1.28 bits per heavy atom. The van der Waals surface area contributed by atoms with E-state index in [-0.39, 0.29) is 5.82 Å². The fraction of sp³-hybridized carbons (Fsp3) is 0.625. The molecule has 0 radical (unpaired) electrons. The first-order valence-electron chi connectivity index (χ1n) is 7.05. The van der Waals surface area contributed by atoms with Crippen LogP contribution in [-0.2, 0) is 0 Å². The summed E-state index contributed by atoms with van der Waals surface area (Å²) in [7, 11) is 0. The zero-order valence-electron chi connectivity index (χ0n) is 11.2. The van der Waals surface area contributed by atoms with Crippen LogP contribution in [0.15, 0.2) is 24.3 Å². The molecule has 0 saturated heterocycles. The number of hydrogen-bond donors (Lipinski definition) is 1. The largest absolute Gasteiger partial charge is 0.309 e. The van der Waals surface area contributed by atoms with Crippen LogP contribution in [0.4, 0.5) is 4.39 Å². The average molecular weight is 247 g/mol. The van der Waals surface area contributed by atoms with Gasteiger partial charge >= 0.3 is 0 Å². The highest BCUT2D eigenvalue weighted by atomic mass is 19.1. The molecule has 2 saturated carbocycles. The Labute approximate surface area is 109 Å². The minimum Gasteiger partial charge on any atom is -0.309 e. The van der Waals surface area contributed by atoms with Gasteiger partial charge in [0.05, 0.1) is 0 Å². The standard InChI is InChI=1S/C16H22FN/c1-16(2)9-13(16)10-18-15(11-3-4-11)12-5-7-14(17)8-6-12/h5-8,11,13,15,18H,3-4,9-10H2,1-2H3. The van der Waals surface area contributed by atoms with Crippen molar-refractivity contribution in [1.82, 2.24) is 5.32 Å². The van der Waals surface area contributed by atoms with E-state index in [1.165, 1.54) is 24.8 Å². The second-order valence-electron chi connectivity index (χ2n) is 6.66. The van der Waals surface area contributed by atoms with E-state index in [0.717, 1.165) is 18.4 Å². The molecule has 0 amide bonds. The Balaban J connectivity index is 1.63. The lowest BCUT2D eigenvalue weighted by Gasteiger charge is -2.19. The van der Waals surface area contributed by atoms with Crippen molar-refractivity contribution in [2.45, 2.75) is 39.2 Å². The summed E-state index contributed by atoms with van der Waals surface area (Å²) in [6.45, 7) is 5.78. The lowest BCUT2D eigenvalue weighted by atomic mass is 10.0. The highest BCUT2D eigenvalue weighted by Gasteiger charge is 2.45. The molecule has 1 N–H and O–H groups in total. The van der Waals surface area contributed by atoms with Gasteiger partial charge in [-0.1, -0.05) is 26.0 Å². The number of rotatable bonds is 5. The minimum atomic E-state index is -0.142. The first kappa shape index (κ1) is 12.2. The zero-order valence-corrected chi connectivity index (χ0v) is 11.2. The molecule has 3 rings (SSSR count). The summed E-state index contributed by atoms with van der Waals surface area (Å²) >= 11 is 0. The van der Waals surface area contributed by atoms with Gasteiger partial charge in [-0.3, -0.25) is 0 Å². The van der Waals surface area contributed by atoms with Crippen molar-refractivity contribution in [2.24, 2.45) is 17.3 Å². The van der Waals surface area contributed by atoms with E-state index >= 15 is 0 Å². The maximum atomic E-state index is 13.0. The third-order valence-electron chi connectivity index (χ3n) is 4.62. The summed E-state index contributed by atoms with van der Waals surface area (Å²) in [5.74, 6) is 1.44. The van der Waals surface area contributed by atoms with Crippen molar-refractivity contribution >= 4 is 0 Å². The molecule has 2 unspecified atom stereocenters. The monoisotopic (exact) mass is 247 g/mol. The molecule has 0 aromatic heterocycles. The van der Waals surface area contributed by atoms with Gasteiger partial charge in [-0.05, 0) is 60.8 Å². The van der Waals surface area contributed by atoms with Gasteiger partial charge in [-0.25, -0.2) is 4.39 Å². The fourth-order valence-electron chi connectivity index (χ4n) is 2.85. The predicted octanol–water partition coefficient (Wildman–Crippen LogP) is 3.91. The quantitative estimate of drug-likeness (QED) is 0.831. The van der Waals surface area contributed by atoms with Crippen LogP contribution in [0.2, 0.25) is 0 Å². The fourth-order valence-corrected chi connectivity index (χ4v) is 2.85. The molecule has 2 aliphatic rings. The second kappa shape index (κ2) is 4.34. The number of halogens is 1. The third-order valence-corrected chi connectivity index (χ3v) is 4.62. The summed E-state index contributed by atoms with van der Waals surface area (Å²) in [5, 5.41) is 3.71. The van der Waals surface area contributed by atoms with Crippen molar-refractivity contribution in [1.29, 1.82) is 0 Å². The second-order valence-corrected chi connectivity index (χ2v) is 6.66. The summed E-state index contributed by atoms with van der Waals surface area (Å²) in [4.78, 5) is 0. The maximum absolute atomic E-state index is 13.0. The van der Waals surface area contributed by atoms with Crippen LogP contribution in [0, 0.1) is 23.1 Å². The molecule has 0 heterocycles. The van der Waals surface area contributed by atoms with Gasteiger partial charge in [-0.15, -0.1) is 0 Å². The molecular formula is C16H22FN. The van der Waals surface area contributed by atoms with Gasteiger partial charge in [0.25, 0.3) is 0 Å². The predicted molar refractivity (Wildman–Crippen MR) is 71.8 cm³/mol. The molecule has 98 valence electrons. The van der Waals surface area contributed by atoms with Crippen molar-refractivity contribution in [3.8, 4) is 0 Å². The van der Waals surface area contributed by atoms with Gasteiger partial charge in [0.15, 0.2) is 0 Å². The van der Waals surface area contributed by atoms with Crippen LogP contribution in [0.1, 0.15) is 44.7 Å². The Kier molecular flexibility index (Phi) is 2.93. The maximum Gasteiger partial charge on any atom is 0.123 e. The topological polar surface area (TPSA) is 12.0 Å². The highest BCUT2D eigenvalue weighted by molar-refractivity contribution is 5.22. The van der Waals surface area contributed by atoms with Crippen molar-refractivity contribution in [3.05, 3.63) is 35.6 Å². The Morgan fingerprint density at radius 2 is 1.89 bits per heavy atom. The van der Waals surface area contributed by atoms with Crippen LogP contribution in [0.5, 0.6) is 0 Å². The van der Waals surface area contributed by atoms with Crippen molar-refractivity contribution in [3.63, 3.8) is 0 Å². The average Bonchev–Trinajstić information content (AvgIpc) is 3.21. The van der Waals surface area contributed by atoms with Gasteiger partial charge < -0.3 is 5.32 Å². The lowest BCUT2D eigenvalue weighted by molar-refractivity contribution is 0.438. The zero-order chi connectivity index (χ0) is 12.8. The molecule has 2 aliphatic carbocycles. The highest BCUT2D eigenvalue weighted by Crippen LogP contribution is 2.51. The molecular weight excluding hydrogens is 225 g/mol. The van der Waals surface area contributed by atoms with Gasteiger partial charge in [0.1, 0.15) is 5.82 Å². The number of benzene rings is 1. The van der Waals surface area contributed by atoms with E-state index in [0.29, 0.717) is 11.5 Å². The summed E-state index contributed by atoms with van der Waals surface area (Å²) in [6, 6.07) is 7.45. The number of hydrogen-bond acceptors (Lipinski definition) is 1. The first-order chi connectivity index (χ1) is 8.56. The first-order valence-corrected chi connectivity index (χ1v) is 7.05. The summed E-state index contributed by atoms with van der Waals surface area (Å²) in [6.07, 6.45) is 3.95. The molecule has 1 aromatic carbocycles. The molecule has 1 aromatic rings. The minimum absolute atomic E-state index is 0.142. The van der Waals surface area contributed by atoms with E-state index < -0.39 is 0 Å². The Morgan fingerprint density at radius 3 is 2.39 bits per heavy atom. The molecule has 18 heavy (non-hydrogen) atoms. The number of nitrogens with one attached hydrogen (secondary N) is 1. The van der Waals surface area contributed by atoms with Gasteiger partial charge in [-0.2, -0.15) is 0 Å². The Bertz CT molecular complexity index is 419. The molecule has 0 bridgehead atoms. The Hall–Kier alpha value is -0.890. The molecule has 2 fully saturated rings. The molecule has 0 aliphatic heterocycles. The smallest absolute Gasteiger partial charge is 0.123 e. The van der Waals surface area contributed by atoms with Crippen LogP contribution in [0.3, 0.4) is 0 Å². The SMILES string of the molecule is CC1(C)CC1CNC(c1ccc(F)cc1)C1CC1. The van der Waals surface area contributed by atoms with Gasteiger partial charge in [0, 0.05) is 6.04 Å². The van der Waals surface area contributed by atoms with Gasteiger partial charge in [0.2, 0.25) is 0 Å². The van der Waals surface area contributed by atoms with E-state index in [9.17, 15) is 4.39 Å². The van der Waals surface area contributed by atoms with Crippen LogP contribution in [0.25, 0.3) is 0 Å². The van der Waals surface area contributed by atoms with Crippen LogP contribution < -0.4 is 5.32 Å². The van der Waals surface area contributed by atoms with E-state index in [4.69, 9.17) is 0 Å². The van der Waals surface area contributed by atoms with Crippen molar-refractivity contribution < 1.29 is 4.39 Å². The van der Waals surface area contributed by atoms with Crippen LogP contribution in [-0.4, -0.2) is 6.54 Å². The third kappa shape index (κ3) is 2.59. The normalized spacial score (nSPS) is 26.9. The molecule has 2 atom stereocenters. The summed E-state index contributed by atoms with van der Waals surface area (Å²) < 4.78 is 13.0. The molecule has 0 spiro atoms. The molecule has 2 heteroatoms.